The number of hydrazine groups is 2. The first-order valence-electron chi connectivity index (χ1n) is 15.7. The van der Waals surface area contributed by atoms with Crippen LogP contribution < -0.4 is 16.3 Å². The van der Waals surface area contributed by atoms with Gasteiger partial charge in [-0.15, -0.1) is 10.2 Å². The van der Waals surface area contributed by atoms with Gasteiger partial charge in [0.2, 0.25) is 0 Å². The molecule has 2 aromatic rings. The summed E-state index contributed by atoms with van der Waals surface area (Å²) in [5.41, 5.74) is 7.86. The molecule has 1 aliphatic carbocycles. The minimum absolute atomic E-state index is 0.0758. The largest absolute Gasteiger partial charge is 0.345 e. The fraction of sp³-hybridized carbons (Fsp3) is 0.576. The van der Waals surface area contributed by atoms with Crippen LogP contribution >= 0.6 is 0 Å². The predicted octanol–water partition coefficient (Wildman–Crippen LogP) is 4.61. The van der Waals surface area contributed by atoms with Crippen LogP contribution in [0.2, 0.25) is 0 Å². The first-order valence-corrected chi connectivity index (χ1v) is 15.7. The van der Waals surface area contributed by atoms with Crippen molar-refractivity contribution in [2.24, 2.45) is 26.8 Å². The Kier molecular flexibility index (Phi) is 8.80. The molecule has 11 heteroatoms. The van der Waals surface area contributed by atoms with Crippen molar-refractivity contribution in [1.82, 2.24) is 36.3 Å². The lowest BCUT2D eigenvalue weighted by Crippen LogP contribution is -2.51. The average Bonchev–Trinajstić information content (AvgIpc) is 3.52. The normalized spacial score (nSPS) is 23.2. The lowest BCUT2D eigenvalue weighted by Gasteiger charge is -2.47. The summed E-state index contributed by atoms with van der Waals surface area (Å²) in [5, 5.41) is 8.62. The molecule has 1 aromatic heterocycles. The predicted molar refractivity (Wildman–Crippen MR) is 171 cm³/mol. The molecule has 1 unspecified atom stereocenters. The first-order chi connectivity index (χ1) is 20.8. The maximum Gasteiger partial charge on any atom is 0.276 e. The van der Waals surface area contributed by atoms with Gasteiger partial charge in [0.15, 0.2) is 11.5 Å². The molecule has 1 fully saturated rings. The Morgan fingerprint density at radius 3 is 2.36 bits per heavy atom. The summed E-state index contributed by atoms with van der Waals surface area (Å²) in [6, 6.07) is 7.46. The monoisotopic (exact) mass is 601 g/mol. The number of aromatic nitrogens is 2. The second-order valence-electron chi connectivity index (χ2n) is 14.6. The van der Waals surface area contributed by atoms with E-state index in [0.29, 0.717) is 28.7 Å². The molecule has 1 atom stereocenters. The van der Waals surface area contributed by atoms with Crippen LogP contribution in [0.4, 0.5) is 0 Å². The molecular weight excluding hydrogens is 554 g/mol. The molecule has 2 aliphatic heterocycles. The van der Waals surface area contributed by atoms with E-state index in [0.717, 1.165) is 44.1 Å². The van der Waals surface area contributed by atoms with Crippen LogP contribution in [-0.2, 0) is 4.79 Å². The minimum atomic E-state index is -0.638. The van der Waals surface area contributed by atoms with E-state index in [1.165, 1.54) is 0 Å². The van der Waals surface area contributed by atoms with Crippen LogP contribution in [-0.4, -0.2) is 62.6 Å². The number of nitrogens with one attached hydrogen (secondary N) is 3. The first kappa shape index (κ1) is 31.6. The van der Waals surface area contributed by atoms with Gasteiger partial charge in [-0.25, -0.2) is 10.5 Å². The molecule has 11 nitrogen and oxygen atoms in total. The van der Waals surface area contributed by atoms with Gasteiger partial charge in [-0.3, -0.25) is 25.0 Å². The molecule has 1 aromatic carbocycles. The van der Waals surface area contributed by atoms with E-state index in [9.17, 15) is 9.59 Å². The quantitative estimate of drug-likeness (QED) is 0.403. The summed E-state index contributed by atoms with van der Waals surface area (Å²) in [5.74, 6) is 0.902. The Morgan fingerprint density at radius 2 is 1.80 bits per heavy atom. The molecule has 3 heterocycles. The summed E-state index contributed by atoms with van der Waals surface area (Å²) < 4.78 is 0. The summed E-state index contributed by atoms with van der Waals surface area (Å²) in [6.45, 7) is 13.9. The van der Waals surface area contributed by atoms with Crippen molar-refractivity contribution in [2.45, 2.75) is 91.8 Å². The van der Waals surface area contributed by atoms with Gasteiger partial charge in [0.25, 0.3) is 11.8 Å². The zero-order valence-electron chi connectivity index (χ0n) is 27.1. The third kappa shape index (κ3) is 6.93. The smallest absolute Gasteiger partial charge is 0.276 e. The standard InChI is InChI=1S/C33H47N9O2/c1-31(2,3)15-14-26(22-8-10-23(11-9-22)29(43)36-21-27-38-40-41(7)39-27)42-30(44)28(25-20-34-18-19-35-25)37-33(42)16-12-24(13-17-33)32(4,5)6/h8-11,18-20,24,26,40H,12-17,21H2,1-7H3,(H,36,43)(H,38,39). The Morgan fingerprint density at radius 1 is 1.09 bits per heavy atom. The van der Waals surface area contributed by atoms with Crippen molar-refractivity contribution in [2.75, 3.05) is 13.6 Å². The molecule has 3 aliphatic rings. The molecule has 3 N–H and O–H groups in total. The van der Waals surface area contributed by atoms with Gasteiger partial charge in [-0.05, 0) is 73.0 Å². The van der Waals surface area contributed by atoms with E-state index >= 15 is 0 Å². The molecule has 5 rings (SSSR count). The van der Waals surface area contributed by atoms with Crippen LogP contribution in [0.1, 0.15) is 108 Å². The zero-order valence-corrected chi connectivity index (χ0v) is 27.1. The number of hydrogen-bond donors (Lipinski definition) is 3. The maximum absolute atomic E-state index is 14.4. The average molecular weight is 602 g/mol. The van der Waals surface area contributed by atoms with Crippen molar-refractivity contribution >= 4 is 23.4 Å². The van der Waals surface area contributed by atoms with Crippen LogP contribution in [0.25, 0.3) is 0 Å². The highest BCUT2D eigenvalue weighted by molar-refractivity contribution is 6.46. The van der Waals surface area contributed by atoms with E-state index in [1.807, 2.05) is 24.3 Å². The third-order valence-corrected chi connectivity index (χ3v) is 9.09. The molecule has 236 valence electrons. The number of nitrogens with zero attached hydrogens (tertiary/aromatic N) is 6. The van der Waals surface area contributed by atoms with Gasteiger partial charge in [0, 0.05) is 25.0 Å². The van der Waals surface area contributed by atoms with Crippen molar-refractivity contribution < 1.29 is 9.59 Å². The number of carbonyl (C=O) groups is 2. The van der Waals surface area contributed by atoms with E-state index in [2.05, 4.69) is 77.8 Å². The van der Waals surface area contributed by atoms with Gasteiger partial charge in [-0.1, -0.05) is 53.7 Å². The molecule has 2 amide bonds. The lowest BCUT2D eigenvalue weighted by atomic mass is 9.69. The van der Waals surface area contributed by atoms with Gasteiger partial charge < -0.3 is 10.2 Å². The lowest BCUT2D eigenvalue weighted by molar-refractivity contribution is -0.134. The van der Waals surface area contributed by atoms with Crippen molar-refractivity contribution in [1.29, 1.82) is 0 Å². The van der Waals surface area contributed by atoms with E-state index in [1.54, 1.807) is 30.8 Å². The third-order valence-electron chi connectivity index (χ3n) is 9.09. The van der Waals surface area contributed by atoms with Crippen molar-refractivity contribution in [3.05, 3.63) is 59.7 Å². The summed E-state index contributed by atoms with van der Waals surface area (Å²) in [4.78, 5) is 43.4. The Bertz CT molecular complexity index is 1400. The highest BCUT2D eigenvalue weighted by atomic mass is 16.2. The number of benzene rings is 1. The zero-order chi connectivity index (χ0) is 31.7. The summed E-state index contributed by atoms with van der Waals surface area (Å²) in [6.07, 6.45) is 10.2. The van der Waals surface area contributed by atoms with Gasteiger partial charge in [0.1, 0.15) is 11.4 Å². The van der Waals surface area contributed by atoms with Crippen molar-refractivity contribution in [3.8, 4) is 0 Å². The highest BCUT2D eigenvalue weighted by Crippen LogP contribution is 2.50. The second kappa shape index (κ2) is 12.3. The Labute approximate surface area is 260 Å². The van der Waals surface area contributed by atoms with Gasteiger partial charge in [-0.2, -0.15) is 0 Å². The second-order valence-corrected chi connectivity index (χ2v) is 14.6. The Hall–Kier alpha value is -3.86. The number of hydrazone groups is 1. The molecule has 44 heavy (non-hydrogen) atoms. The fourth-order valence-corrected chi connectivity index (χ4v) is 6.53. The number of amides is 2. The Balaban J connectivity index is 1.45. The SMILES string of the molecule is CN1NN=C(CNC(=O)c2ccc(C(CCC(C)(C)C)N3C(=O)C(c4cnccn4)=NC34CCC(C(C)(C)C)CC4)cc2)N1. The summed E-state index contributed by atoms with van der Waals surface area (Å²) in [7, 11) is 1.79. The minimum Gasteiger partial charge on any atom is -0.345 e. The van der Waals surface area contributed by atoms with E-state index in [4.69, 9.17) is 4.99 Å². The number of carbonyl (C=O) groups excluding carboxylic acids is 2. The van der Waals surface area contributed by atoms with Crippen LogP contribution in [0.15, 0.2) is 52.9 Å². The molecular formula is C33H47N9O2. The van der Waals surface area contributed by atoms with Gasteiger partial charge >= 0.3 is 0 Å². The topological polar surface area (TPSA) is 127 Å². The highest BCUT2D eigenvalue weighted by Gasteiger charge is 2.53. The van der Waals surface area contributed by atoms with Crippen LogP contribution in [0.5, 0.6) is 0 Å². The van der Waals surface area contributed by atoms with Crippen LogP contribution in [0, 0.1) is 16.7 Å². The molecule has 1 saturated carbocycles. The molecule has 1 spiro atoms. The molecule has 0 bridgehead atoms. The molecule has 0 radical (unpaired) electrons. The fourth-order valence-electron chi connectivity index (χ4n) is 6.53. The van der Waals surface area contributed by atoms with Gasteiger partial charge in [0.05, 0.1) is 18.8 Å². The van der Waals surface area contributed by atoms with E-state index in [-0.39, 0.29) is 35.2 Å². The van der Waals surface area contributed by atoms with Crippen molar-refractivity contribution in [3.63, 3.8) is 0 Å². The van der Waals surface area contributed by atoms with E-state index < -0.39 is 5.66 Å². The summed E-state index contributed by atoms with van der Waals surface area (Å²) >= 11 is 0. The number of aliphatic imine (C=N–C) groups is 1. The maximum atomic E-state index is 14.4. The number of hydrogen-bond acceptors (Lipinski definition) is 9. The number of rotatable bonds is 8. The molecule has 0 saturated heterocycles. The number of amidine groups is 1. The van der Waals surface area contributed by atoms with Crippen LogP contribution in [0.3, 0.4) is 0 Å².